The van der Waals surface area contributed by atoms with E-state index in [1.807, 2.05) is 19.3 Å². The van der Waals surface area contributed by atoms with Gasteiger partial charge in [-0.3, -0.25) is 0 Å². The van der Waals surface area contributed by atoms with Crippen LogP contribution in [0.1, 0.15) is 12.5 Å². The van der Waals surface area contributed by atoms with Gasteiger partial charge in [0.2, 0.25) is 0 Å². The number of aromatic amines is 1. The van der Waals surface area contributed by atoms with E-state index in [0.717, 1.165) is 26.3 Å². The van der Waals surface area contributed by atoms with Crippen LogP contribution in [0.5, 0.6) is 0 Å². The van der Waals surface area contributed by atoms with Crippen LogP contribution in [0.15, 0.2) is 18.5 Å². The Balaban J connectivity index is 1.96. The lowest BCUT2D eigenvalue weighted by atomic mass is 10.3. The normalized spacial score (nSPS) is 10.4. The van der Waals surface area contributed by atoms with Gasteiger partial charge in [-0.15, -0.1) is 0 Å². The van der Waals surface area contributed by atoms with Gasteiger partial charge in [-0.2, -0.15) is 0 Å². The molecule has 2 N–H and O–H groups in total. The molecule has 1 heterocycles. The van der Waals surface area contributed by atoms with Crippen molar-refractivity contribution in [3.63, 3.8) is 0 Å². The van der Waals surface area contributed by atoms with Crippen LogP contribution in [0.25, 0.3) is 0 Å². The average molecular weight is 168 g/mol. The zero-order valence-corrected chi connectivity index (χ0v) is 7.47. The highest BCUT2D eigenvalue weighted by Gasteiger charge is 1.90. The van der Waals surface area contributed by atoms with E-state index in [0.29, 0.717) is 0 Å². The van der Waals surface area contributed by atoms with Crippen LogP contribution in [-0.2, 0) is 11.3 Å². The summed E-state index contributed by atoms with van der Waals surface area (Å²) < 4.78 is 5.18. The molecule has 0 saturated carbocycles. The number of aromatic nitrogens is 1. The summed E-state index contributed by atoms with van der Waals surface area (Å²) in [6, 6.07) is 2.06. The molecule has 0 saturated heterocycles. The molecule has 3 nitrogen and oxygen atoms in total. The smallest absolute Gasteiger partial charge is 0.0590 e. The third-order valence-electron chi connectivity index (χ3n) is 1.62. The molecule has 68 valence electrons. The Morgan fingerprint density at radius 2 is 2.50 bits per heavy atom. The fraction of sp³-hybridized carbons (Fsp3) is 0.556. The second-order valence-electron chi connectivity index (χ2n) is 2.59. The van der Waals surface area contributed by atoms with Gasteiger partial charge in [-0.1, -0.05) is 0 Å². The molecule has 3 heteroatoms. The number of nitrogens with one attached hydrogen (secondary N) is 2. The minimum Gasteiger partial charge on any atom is -0.380 e. The van der Waals surface area contributed by atoms with Crippen molar-refractivity contribution >= 4 is 0 Å². The van der Waals surface area contributed by atoms with Crippen molar-refractivity contribution in [3.8, 4) is 0 Å². The van der Waals surface area contributed by atoms with Gasteiger partial charge in [0.15, 0.2) is 0 Å². The van der Waals surface area contributed by atoms with E-state index in [2.05, 4.69) is 16.4 Å². The predicted octanol–water partition coefficient (Wildman–Crippen LogP) is 1.14. The summed E-state index contributed by atoms with van der Waals surface area (Å²) in [7, 11) is 0. The predicted molar refractivity (Wildman–Crippen MR) is 49.0 cm³/mol. The first-order chi connectivity index (χ1) is 5.93. The molecule has 0 atom stereocenters. The lowest BCUT2D eigenvalue weighted by Crippen LogP contribution is -2.18. The minimum atomic E-state index is 0.793. The number of hydrogen-bond acceptors (Lipinski definition) is 2. The van der Waals surface area contributed by atoms with Crippen molar-refractivity contribution in [2.24, 2.45) is 0 Å². The average Bonchev–Trinajstić information content (AvgIpc) is 2.57. The Morgan fingerprint density at radius 3 is 3.17 bits per heavy atom. The molecule has 0 unspecified atom stereocenters. The Bertz CT molecular complexity index is 184. The minimum absolute atomic E-state index is 0.793. The largest absolute Gasteiger partial charge is 0.380 e. The van der Waals surface area contributed by atoms with Gasteiger partial charge in [0.05, 0.1) is 6.61 Å². The van der Waals surface area contributed by atoms with Gasteiger partial charge in [-0.25, -0.2) is 0 Å². The Morgan fingerprint density at radius 1 is 1.58 bits per heavy atom. The third-order valence-corrected chi connectivity index (χ3v) is 1.62. The fourth-order valence-electron chi connectivity index (χ4n) is 0.990. The van der Waals surface area contributed by atoms with Crippen molar-refractivity contribution in [3.05, 3.63) is 24.0 Å². The lowest BCUT2D eigenvalue weighted by Gasteiger charge is -2.02. The number of ether oxygens (including phenoxy) is 1. The first-order valence-electron chi connectivity index (χ1n) is 4.33. The molecule has 0 aromatic carbocycles. The Labute approximate surface area is 73.1 Å². The molecule has 12 heavy (non-hydrogen) atoms. The zero-order valence-electron chi connectivity index (χ0n) is 7.47. The second kappa shape index (κ2) is 5.80. The summed E-state index contributed by atoms with van der Waals surface area (Å²) in [5, 5.41) is 3.28. The highest BCUT2D eigenvalue weighted by Crippen LogP contribution is 1.93. The molecule has 0 radical (unpaired) electrons. The maximum Gasteiger partial charge on any atom is 0.0590 e. The van der Waals surface area contributed by atoms with E-state index < -0.39 is 0 Å². The topological polar surface area (TPSA) is 37.0 Å². The van der Waals surface area contributed by atoms with Gasteiger partial charge in [0, 0.05) is 32.1 Å². The maximum atomic E-state index is 5.18. The van der Waals surface area contributed by atoms with E-state index in [1.54, 1.807) is 0 Å². The molecule has 1 aromatic heterocycles. The standard InChI is InChI=1S/C9H16N2O/c1-2-12-6-5-11-8-9-3-4-10-7-9/h3-4,7,10-11H,2,5-6,8H2,1H3. The first kappa shape index (κ1) is 9.29. The molecule has 0 aliphatic heterocycles. The summed E-state index contributed by atoms with van der Waals surface area (Å²) >= 11 is 0. The van der Waals surface area contributed by atoms with Crippen LogP contribution in [0.2, 0.25) is 0 Å². The van der Waals surface area contributed by atoms with Gasteiger partial charge >= 0.3 is 0 Å². The zero-order chi connectivity index (χ0) is 8.65. The van der Waals surface area contributed by atoms with Gasteiger partial charge in [0.25, 0.3) is 0 Å². The molecule has 1 rings (SSSR count). The van der Waals surface area contributed by atoms with Crippen LogP contribution in [0, 0.1) is 0 Å². The highest BCUT2D eigenvalue weighted by molar-refractivity contribution is 5.07. The van der Waals surface area contributed by atoms with E-state index in [1.165, 1.54) is 5.56 Å². The van der Waals surface area contributed by atoms with Crippen molar-refractivity contribution in [1.29, 1.82) is 0 Å². The molecule has 1 aromatic rings. The SMILES string of the molecule is CCOCCNCc1cc[nH]c1. The molecule has 0 bridgehead atoms. The van der Waals surface area contributed by atoms with Crippen LogP contribution >= 0.6 is 0 Å². The summed E-state index contributed by atoms with van der Waals surface area (Å²) in [6.07, 6.45) is 3.92. The molecule has 0 amide bonds. The van der Waals surface area contributed by atoms with E-state index in [4.69, 9.17) is 4.74 Å². The molecule has 0 aliphatic rings. The monoisotopic (exact) mass is 168 g/mol. The van der Waals surface area contributed by atoms with E-state index in [-0.39, 0.29) is 0 Å². The highest BCUT2D eigenvalue weighted by atomic mass is 16.5. The van der Waals surface area contributed by atoms with Crippen LogP contribution in [0.4, 0.5) is 0 Å². The van der Waals surface area contributed by atoms with Crippen molar-refractivity contribution < 1.29 is 4.74 Å². The van der Waals surface area contributed by atoms with Crippen molar-refractivity contribution in [2.45, 2.75) is 13.5 Å². The van der Waals surface area contributed by atoms with Crippen molar-refractivity contribution in [1.82, 2.24) is 10.3 Å². The number of rotatable bonds is 6. The molecule has 0 aliphatic carbocycles. The first-order valence-corrected chi connectivity index (χ1v) is 4.33. The maximum absolute atomic E-state index is 5.18. The van der Waals surface area contributed by atoms with Crippen LogP contribution < -0.4 is 5.32 Å². The van der Waals surface area contributed by atoms with Gasteiger partial charge < -0.3 is 15.0 Å². The van der Waals surface area contributed by atoms with Crippen LogP contribution in [0.3, 0.4) is 0 Å². The Kier molecular flexibility index (Phi) is 4.49. The number of H-pyrrole nitrogens is 1. The quantitative estimate of drug-likeness (QED) is 0.625. The molecular weight excluding hydrogens is 152 g/mol. The van der Waals surface area contributed by atoms with Crippen molar-refractivity contribution in [2.75, 3.05) is 19.8 Å². The number of hydrogen-bond donors (Lipinski definition) is 2. The third kappa shape index (κ3) is 3.55. The van der Waals surface area contributed by atoms with Crippen LogP contribution in [-0.4, -0.2) is 24.7 Å². The van der Waals surface area contributed by atoms with Gasteiger partial charge in [-0.05, 0) is 18.6 Å². The summed E-state index contributed by atoms with van der Waals surface area (Å²) in [5.41, 5.74) is 1.28. The lowest BCUT2D eigenvalue weighted by molar-refractivity contribution is 0.149. The summed E-state index contributed by atoms with van der Waals surface area (Å²) in [4.78, 5) is 3.01. The molecule has 0 fully saturated rings. The van der Waals surface area contributed by atoms with Gasteiger partial charge in [0.1, 0.15) is 0 Å². The summed E-state index contributed by atoms with van der Waals surface area (Å²) in [5.74, 6) is 0. The molecule has 0 spiro atoms. The Hall–Kier alpha value is -0.800. The summed E-state index contributed by atoms with van der Waals surface area (Å²) in [6.45, 7) is 5.43. The fourth-order valence-corrected chi connectivity index (χ4v) is 0.990. The second-order valence-corrected chi connectivity index (χ2v) is 2.59. The van der Waals surface area contributed by atoms with E-state index in [9.17, 15) is 0 Å². The van der Waals surface area contributed by atoms with E-state index >= 15 is 0 Å². The molecular formula is C9H16N2O.